The summed E-state index contributed by atoms with van der Waals surface area (Å²) < 4.78 is 12.4. The van der Waals surface area contributed by atoms with E-state index in [9.17, 15) is 9.59 Å². The minimum Gasteiger partial charge on any atom is -0.462 e. The van der Waals surface area contributed by atoms with E-state index in [0.717, 1.165) is 11.3 Å². The lowest BCUT2D eigenvalue weighted by molar-refractivity contribution is -0.149. The number of ether oxygens (including phenoxy) is 1. The lowest BCUT2D eigenvalue weighted by Gasteiger charge is -2.12. The maximum atomic E-state index is 12.6. The van der Waals surface area contributed by atoms with Gasteiger partial charge in [0.1, 0.15) is 0 Å². The number of furan rings is 1. The molecule has 2 aromatic heterocycles. The van der Waals surface area contributed by atoms with Crippen molar-refractivity contribution in [3.63, 3.8) is 0 Å². The van der Waals surface area contributed by atoms with Crippen LogP contribution in [-0.2, 0) is 16.1 Å². The standard InChI is InChI=1S/C17H19NO4/c1-10(2)22-17(20)12-6-7-18-13(12)9-11(3)15(18)16(19)14-5-4-8-21-14/h4-5,8-10,12H,6-7H2,1-3H3. The minimum absolute atomic E-state index is 0.137. The summed E-state index contributed by atoms with van der Waals surface area (Å²) in [7, 11) is 0. The number of carbonyl (C=O) groups excluding carboxylic acids is 2. The fraction of sp³-hybridized carbons (Fsp3) is 0.412. The first kappa shape index (κ1) is 14.6. The minimum atomic E-state index is -0.292. The molecule has 0 aliphatic carbocycles. The van der Waals surface area contributed by atoms with Gasteiger partial charge in [-0.05, 0) is 51.0 Å². The SMILES string of the molecule is Cc1cc2n(c1C(=O)c1ccco1)CCC2C(=O)OC(C)C. The van der Waals surface area contributed by atoms with Crippen LogP contribution in [0.2, 0.25) is 0 Å². The fourth-order valence-electron chi connectivity index (χ4n) is 3.02. The van der Waals surface area contributed by atoms with Crippen LogP contribution in [0.3, 0.4) is 0 Å². The molecule has 5 heteroatoms. The van der Waals surface area contributed by atoms with E-state index in [4.69, 9.17) is 9.15 Å². The van der Waals surface area contributed by atoms with Crippen LogP contribution in [0.5, 0.6) is 0 Å². The van der Waals surface area contributed by atoms with Gasteiger partial charge in [-0.1, -0.05) is 0 Å². The predicted octanol–water partition coefficient (Wildman–Crippen LogP) is 3.06. The maximum absolute atomic E-state index is 12.6. The second-order valence-corrected chi connectivity index (χ2v) is 5.89. The molecule has 0 bridgehead atoms. The van der Waals surface area contributed by atoms with Crippen LogP contribution in [0.25, 0.3) is 0 Å². The molecule has 1 atom stereocenters. The highest BCUT2D eigenvalue weighted by Gasteiger charge is 2.35. The third-order valence-electron chi connectivity index (χ3n) is 3.91. The van der Waals surface area contributed by atoms with E-state index >= 15 is 0 Å². The van der Waals surface area contributed by atoms with Crippen LogP contribution < -0.4 is 0 Å². The molecule has 1 aliphatic rings. The zero-order valence-electron chi connectivity index (χ0n) is 13.0. The average Bonchev–Trinajstić information content (AvgIpc) is 3.11. The first-order valence-corrected chi connectivity index (χ1v) is 7.47. The summed E-state index contributed by atoms with van der Waals surface area (Å²) in [5, 5.41) is 0. The van der Waals surface area contributed by atoms with E-state index in [0.29, 0.717) is 24.4 Å². The fourth-order valence-corrected chi connectivity index (χ4v) is 3.02. The third-order valence-corrected chi connectivity index (χ3v) is 3.91. The molecule has 0 aromatic carbocycles. The van der Waals surface area contributed by atoms with E-state index in [1.54, 1.807) is 12.1 Å². The molecule has 0 saturated carbocycles. The number of hydrogen-bond acceptors (Lipinski definition) is 4. The van der Waals surface area contributed by atoms with Crippen molar-refractivity contribution < 1.29 is 18.7 Å². The molecule has 5 nitrogen and oxygen atoms in total. The Morgan fingerprint density at radius 3 is 2.82 bits per heavy atom. The van der Waals surface area contributed by atoms with Crippen molar-refractivity contribution >= 4 is 11.8 Å². The van der Waals surface area contributed by atoms with Crippen molar-refractivity contribution in [3.05, 3.63) is 47.2 Å². The molecule has 0 fully saturated rings. The molecule has 22 heavy (non-hydrogen) atoms. The number of ketones is 1. The Balaban J connectivity index is 1.94. The van der Waals surface area contributed by atoms with Gasteiger partial charge >= 0.3 is 5.97 Å². The van der Waals surface area contributed by atoms with E-state index < -0.39 is 0 Å². The van der Waals surface area contributed by atoms with Crippen molar-refractivity contribution in [2.45, 2.75) is 45.8 Å². The van der Waals surface area contributed by atoms with Crippen LogP contribution in [-0.4, -0.2) is 22.4 Å². The maximum Gasteiger partial charge on any atom is 0.315 e. The van der Waals surface area contributed by atoms with Crippen LogP contribution in [0.4, 0.5) is 0 Å². The van der Waals surface area contributed by atoms with Crippen molar-refractivity contribution in [2.75, 3.05) is 0 Å². The van der Waals surface area contributed by atoms with Gasteiger partial charge in [-0.25, -0.2) is 0 Å². The van der Waals surface area contributed by atoms with Crippen molar-refractivity contribution in [1.82, 2.24) is 4.57 Å². The van der Waals surface area contributed by atoms with Gasteiger partial charge in [0.25, 0.3) is 0 Å². The number of carbonyl (C=O) groups is 2. The molecule has 0 amide bonds. The summed E-state index contributed by atoms with van der Waals surface area (Å²) in [5.74, 6) is -0.341. The van der Waals surface area contributed by atoms with Crippen LogP contribution in [0.15, 0.2) is 28.9 Å². The Hall–Kier alpha value is -2.30. The molecule has 0 N–H and O–H groups in total. The van der Waals surface area contributed by atoms with Crippen molar-refractivity contribution in [2.24, 2.45) is 0 Å². The number of aromatic nitrogens is 1. The van der Waals surface area contributed by atoms with Gasteiger partial charge < -0.3 is 13.7 Å². The lowest BCUT2D eigenvalue weighted by Crippen LogP contribution is -2.18. The van der Waals surface area contributed by atoms with Gasteiger partial charge in [0.05, 0.1) is 24.0 Å². The monoisotopic (exact) mass is 301 g/mol. The second-order valence-electron chi connectivity index (χ2n) is 5.89. The molecule has 1 aliphatic heterocycles. The number of esters is 1. The summed E-state index contributed by atoms with van der Waals surface area (Å²) in [6, 6.07) is 5.26. The van der Waals surface area contributed by atoms with Gasteiger partial charge in [0, 0.05) is 12.2 Å². The lowest BCUT2D eigenvalue weighted by atomic mass is 10.0. The summed E-state index contributed by atoms with van der Waals surface area (Å²) in [6.45, 7) is 6.20. The van der Waals surface area contributed by atoms with Crippen molar-refractivity contribution in [3.8, 4) is 0 Å². The predicted molar refractivity (Wildman–Crippen MR) is 79.9 cm³/mol. The number of nitrogens with zero attached hydrogens (tertiary/aromatic N) is 1. The van der Waals surface area contributed by atoms with E-state index in [-0.39, 0.29) is 23.8 Å². The highest BCUT2D eigenvalue weighted by molar-refractivity contribution is 6.07. The summed E-state index contributed by atoms with van der Waals surface area (Å²) in [5.41, 5.74) is 2.32. The zero-order chi connectivity index (χ0) is 15.9. The van der Waals surface area contributed by atoms with Gasteiger partial charge in [-0.3, -0.25) is 9.59 Å². The highest BCUT2D eigenvalue weighted by Crippen LogP contribution is 2.34. The summed E-state index contributed by atoms with van der Waals surface area (Å²) >= 11 is 0. The molecule has 0 radical (unpaired) electrons. The molecular formula is C17H19NO4. The second kappa shape index (κ2) is 5.48. The molecular weight excluding hydrogens is 282 g/mol. The Bertz CT molecular complexity index is 709. The average molecular weight is 301 g/mol. The Kier molecular flexibility index (Phi) is 3.64. The normalized spacial score (nSPS) is 16.8. The summed E-state index contributed by atoms with van der Waals surface area (Å²) in [4.78, 5) is 24.8. The number of aryl methyl sites for hydroxylation is 1. The van der Waals surface area contributed by atoms with E-state index in [1.165, 1.54) is 6.26 Å². The molecule has 3 heterocycles. The van der Waals surface area contributed by atoms with Gasteiger partial charge in [0.15, 0.2) is 5.76 Å². The highest BCUT2D eigenvalue weighted by atomic mass is 16.5. The molecule has 2 aromatic rings. The Morgan fingerprint density at radius 1 is 1.41 bits per heavy atom. The first-order valence-electron chi connectivity index (χ1n) is 7.47. The largest absolute Gasteiger partial charge is 0.462 e. The van der Waals surface area contributed by atoms with Crippen LogP contribution >= 0.6 is 0 Å². The van der Waals surface area contributed by atoms with Crippen LogP contribution in [0, 0.1) is 6.92 Å². The molecule has 116 valence electrons. The molecule has 3 rings (SSSR count). The topological polar surface area (TPSA) is 61.4 Å². The molecule has 1 unspecified atom stereocenters. The smallest absolute Gasteiger partial charge is 0.315 e. The first-order chi connectivity index (χ1) is 10.5. The van der Waals surface area contributed by atoms with E-state index in [2.05, 4.69) is 0 Å². The van der Waals surface area contributed by atoms with Gasteiger partial charge in [-0.15, -0.1) is 0 Å². The Morgan fingerprint density at radius 2 is 2.18 bits per heavy atom. The van der Waals surface area contributed by atoms with Crippen LogP contribution in [0.1, 0.15) is 53.7 Å². The Labute approximate surface area is 128 Å². The van der Waals surface area contributed by atoms with E-state index in [1.807, 2.05) is 31.4 Å². The quantitative estimate of drug-likeness (QED) is 0.643. The third kappa shape index (κ3) is 2.36. The van der Waals surface area contributed by atoms with Gasteiger partial charge in [0.2, 0.25) is 5.78 Å². The molecule has 0 spiro atoms. The number of fused-ring (bicyclic) bond motifs is 1. The molecule has 0 saturated heterocycles. The number of rotatable bonds is 4. The number of hydrogen-bond donors (Lipinski definition) is 0. The summed E-state index contributed by atoms with van der Waals surface area (Å²) in [6.07, 6.45) is 2.01. The zero-order valence-corrected chi connectivity index (χ0v) is 13.0. The van der Waals surface area contributed by atoms with Gasteiger partial charge in [-0.2, -0.15) is 0 Å². The van der Waals surface area contributed by atoms with Crippen molar-refractivity contribution in [1.29, 1.82) is 0 Å².